The maximum atomic E-state index is 12.5. The standard InChI is InChI=1S/C26H23NO5/c28-25(29)23(13-16-14-31-24-12-6-5-7-17(16)24)27-26(30)32-15-22-20-10-3-1-8-18(20)19-9-2-4-11-21(19)22/h1-12,16,22-23H,13-15H2,(H,27,30)(H,28,29). The SMILES string of the molecule is O=C(NC(CC1COc2ccccc21)C(=O)O)OCC1c2ccccc2-c2ccccc21. The zero-order valence-electron chi connectivity index (χ0n) is 17.4. The summed E-state index contributed by atoms with van der Waals surface area (Å²) < 4.78 is 11.2. The largest absolute Gasteiger partial charge is 0.493 e. The number of fused-ring (bicyclic) bond motifs is 4. The molecule has 1 heterocycles. The number of ether oxygens (including phenoxy) is 2. The van der Waals surface area contributed by atoms with Crippen molar-refractivity contribution in [2.24, 2.45) is 0 Å². The van der Waals surface area contributed by atoms with Gasteiger partial charge < -0.3 is 19.9 Å². The van der Waals surface area contributed by atoms with Gasteiger partial charge in [0.25, 0.3) is 0 Å². The van der Waals surface area contributed by atoms with E-state index in [4.69, 9.17) is 9.47 Å². The second-order valence-corrected chi connectivity index (χ2v) is 8.14. The number of carbonyl (C=O) groups is 2. The molecule has 1 amide bonds. The van der Waals surface area contributed by atoms with Gasteiger partial charge in [-0.3, -0.25) is 0 Å². The summed E-state index contributed by atoms with van der Waals surface area (Å²) in [5, 5.41) is 12.2. The molecule has 1 aliphatic carbocycles. The molecular formula is C26H23NO5. The maximum Gasteiger partial charge on any atom is 0.407 e. The van der Waals surface area contributed by atoms with E-state index in [9.17, 15) is 14.7 Å². The van der Waals surface area contributed by atoms with Gasteiger partial charge in [-0.05, 0) is 34.7 Å². The number of hydrogen-bond donors (Lipinski definition) is 2. The van der Waals surface area contributed by atoms with Gasteiger partial charge in [0.1, 0.15) is 18.4 Å². The number of benzene rings is 3. The first-order chi connectivity index (χ1) is 15.6. The monoisotopic (exact) mass is 429 g/mol. The van der Waals surface area contributed by atoms with Gasteiger partial charge in [0.2, 0.25) is 0 Å². The highest BCUT2D eigenvalue weighted by Gasteiger charge is 2.32. The maximum absolute atomic E-state index is 12.5. The highest BCUT2D eigenvalue weighted by atomic mass is 16.5. The van der Waals surface area contributed by atoms with Gasteiger partial charge in [0.05, 0.1) is 6.61 Å². The Labute approximate surface area is 185 Å². The second-order valence-electron chi connectivity index (χ2n) is 8.14. The molecule has 2 unspecified atom stereocenters. The Hall–Kier alpha value is -3.80. The molecule has 5 rings (SSSR count). The van der Waals surface area contributed by atoms with E-state index in [1.165, 1.54) is 0 Å². The average Bonchev–Trinajstić information content (AvgIpc) is 3.36. The van der Waals surface area contributed by atoms with Crippen molar-refractivity contribution in [2.45, 2.75) is 24.3 Å². The van der Waals surface area contributed by atoms with Crippen molar-refractivity contribution in [2.75, 3.05) is 13.2 Å². The first kappa shape index (κ1) is 20.1. The van der Waals surface area contributed by atoms with Crippen LogP contribution in [0.1, 0.15) is 34.9 Å². The van der Waals surface area contributed by atoms with Gasteiger partial charge in [-0.1, -0.05) is 66.7 Å². The summed E-state index contributed by atoms with van der Waals surface area (Å²) in [6.45, 7) is 0.539. The summed E-state index contributed by atoms with van der Waals surface area (Å²) >= 11 is 0. The number of carboxylic acid groups (broad SMARTS) is 1. The molecule has 3 aromatic carbocycles. The van der Waals surface area contributed by atoms with Crippen molar-refractivity contribution in [1.82, 2.24) is 5.32 Å². The fourth-order valence-corrected chi connectivity index (χ4v) is 4.71. The number of hydrogen-bond acceptors (Lipinski definition) is 4. The van der Waals surface area contributed by atoms with E-state index in [-0.39, 0.29) is 24.9 Å². The highest BCUT2D eigenvalue weighted by Crippen LogP contribution is 2.44. The molecule has 32 heavy (non-hydrogen) atoms. The van der Waals surface area contributed by atoms with Crippen LogP contribution in [0.3, 0.4) is 0 Å². The molecular weight excluding hydrogens is 406 g/mol. The Kier molecular flexibility index (Phi) is 5.27. The fraction of sp³-hybridized carbons (Fsp3) is 0.231. The molecule has 2 atom stereocenters. The van der Waals surface area contributed by atoms with Gasteiger partial charge in [-0.2, -0.15) is 0 Å². The van der Waals surface area contributed by atoms with Gasteiger partial charge >= 0.3 is 12.1 Å². The number of carbonyl (C=O) groups excluding carboxylic acids is 1. The lowest BCUT2D eigenvalue weighted by Crippen LogP contribution is -2.42. The topological polar surface area (TPSA) is 84.9 Å². The lowest BCUT2D eigenvalue weighted by Gasteiger charge is -2.19. The molecule has 1 aliphatic heterocycles. The number of carboxylic acids is 1. The highest BCUT2D eigenvalue weighted by molar-refractivity contribution is 5.81. The number of nitrogens with one attached hydrogen (secondary N) is 1. The smallest absolute Gasteiger partial charge is 0.407 e. The van der Waals surface area contributed by atoms with Crippen molar-refractivity contribution >= 4 is 12.1 Å². The molecule has 0 saturated heterocycles. The van der Waals surface area contributed by atoms with Crippen LogP contribution in [-0.2, 0) is 9.53 Å². The summed E-state index contributed by atoms with van der Waals surface area (Å²) in [5.74, 6) is -0.501. The van der Waals surface area contributed by atoms with E-state index >= 15 is 0 Å². The van der Waals surface area contributed by atoms with E-state index < -0.39 is 18.1 Å². The number of para-hydroxylation sites is 1. The van der Waals surface area contributed by atoms with Gasteiger partial charge in [0.15, 0.2) is 0 Å². The quantitative estimate of drug-likeness (QED) is 0.601. The summed E-state index contributed by atoms with van der Waals surface area (Å²) in [6, 6.07) is 22.7. The molecule has 3 aromatic rings. The van der Waals surface area contributed by atoms with Crippen molar-refractivity contribution in [1.29, 1.82) is 0 Å². The third kappa shape index (κ3) is 3.68. The first-order valence-corrected chi connectivity index (χ1v) is 10.7. The molecule has 6 heteroatoms. The Bertz CT molecular complexity index is 1130. The Morgan fingerprint density at radius 2 is 1.53 bits per heavy atom. The average molecular weight is 429 g/mol. The lowest BCUT2D eigenvalue weighted by molar-refractivity contribution is -0.139. The minimum absolute atomic E-state index is 0.0773. The van der Waals surface area contributed by atoms with Crippen LogP contribution in [0.5, 0.6) is 5.75 Å². The van der Waals surface area contributed by atoms with Crippen LogP contribution in [0.4, 0.5) is 4.79 Å². The molecule has 2 aliphatic rings. The van der Waals surface area contributed by atoms with Crippen molar-refractivity contribution < 1.29 is 24.2 Å². The molecule has 0 fully saturated rings. The summed E-state index contributed by atoms with van der Waals surface area (Å²) in [6.07, 6.45) is -0.497. The van der Waals surface area contributed by atoms with Crippen LogP contribution in [0.2, 0.25) is 0 Å². The zero-order valence-corrected chi connectivity index (χ0v) is 17.4. The van der Waals surface area contributed by atoms with Crippen LogP contribution in [0.15, 0.2) is 72.8 Å². The number of aliphatic carboxylic acids is 1. The summed E-state index contributed by atoms with van der Waals surface area (Å²) in [4.78, 5) is 24.3. The molecule has 6 nitrogen and oxygen atoms in total. The van der Waals surface area contributed by atoms with Crippen LogP contribution >= 0.6 is 0 Å². The van der Waals surface area contributed by atoms with Crippen molar-refractivity contribution in [3.63, 3.8) is 0 Å². The Balaban J connectivity index is 1.25. The molecule has 162 valence electrons. The molecule has 0 spiro atoms. The summed E-state index contributed by atoms with van der Waals surface area (Å²) in [5.41, 5.74) is 5.46. The lowest BCUT2D eigenvalue weighted by atomic mass is 9.94. The Morgan fingerprint density at radius 1 is 0.938 bits per heavy atom. The summed E-state index contributed by atoms with van der Waals surface area (Å²) in [7, 11) is 0. The van der Waals surface area contributed by atoms with Crippen LogP contribution < -0.4 is 10.1 Å². The van der Waals surface area contributed by atoms with E-state index in [1.54, 1.807) is 0 Å². The molecule has 0 saturated carbocycles. The van der Waals surface area contributed by atoms with Crippen LogP contribution in [0.25, 0.3) is 11.1 Å². The predicted molar refractivity (Wildman–Crippen MR) is 119 cm³/mol. The van der Waals surface area contributed by atoms with Crippen molar-refractivity contribution in [3.05, 3.63) is 89.5 Å². The Morgan fingerprint density at radius 3 is 2.19 bits per heavy atom. The number of amides is 1. The zero-order chi connectivity index (χ0) is 22.1. The molecule has 2 N–H and O–H groups in total. The number of rotatable bonds is 6. The predicted octanol–water partition coefficient (Wildman–Crippen LogP) is 4.54. The van der Waals surface area contributed by atoms with Crippen LogP contribution in [-0.4, -0.2) is 36.4 Å². The molecule has 0 bridgehead atoms. The van der Waals surface area contributed by atoms with E-state index in [0.717, 1.165) is 33.6 Å². The van der Waals surface area contributed by atoms with Crippen LogP contribution in [0, 0.1) is 0 Å². The first-order valence-electron chi connectivity index (χ1n) is 10.7. The van der Waals surface area contributed by atoms with Gasteiger partial charge in [-0.25, -0.2) is 9.59 Å². The normalized spacial score (nSPS) is 16.9. The third-order valence-electron chi connectivity index (χ3n) is 6.25. The second kappa shape index (κ2) is 8.38. The van der Waals surface area contributed by atoms with Crippen molar-refractivity contribution in [3.8, 4) is 16.9 Å². The van der Waals surface area contributed by atoms with Gasteiger partial charge in [0, 0.05) is 17.4 Å². The van der Waals surface area contributed by atoms with E-state index in [1.807, 2.05) is 60.7 Å². The molecule has 0 aromatic heterocycles. The molecule has 0 radical (unpaired) electrons. The van der Waals surface area contributed by atoms with E-state index in [0.29, 0.717) is 6.61 Å². The minimum Gasteiger partial charge on any atom is -0.493 e. The fourth-order valence-electron chi connectivity index (χ4n) is 4.71. The number of alkyl carbamates (subject to hydrolysis) is 1. The third-order valence-corrected chi connectivity index (χ3v) is 6.25. The van der Waals surface area contributed by atoms with E-state index in [2.05, 4.69) is 17.4 Å². The van der Waals surface area contributed by atoms with Gasteiger partial charge in [-0.15, -0.1) is 0 Å². The minimum atomic E-state index is -1.09.